The molecule has 2 amide bonds. The number of nitrogens with one attached hydrogen (secondary N) is 2. The molecule has 0 fully saturated rings. The maximum absolute atomic E-state index is 11.9. The number of methoxy groups -OCH3 is 1. The zero-order valence-corrected chi connectivity index (χ0v) is 18.2. The van der Waals surface area contributed by atoms with Gasteiger partial charge in [0.2, 0.25) is 0 Å². The third-order valence-electron chi connectivity index (χ3n) is 4.26. The Morgan fingerprint density at radius 1 is 1.17 bits per heavy atom. The largest absolute Gasteiger partial charge is 0.496 e. The van der Waals surface area contributed by atoms with E-state index in [0.29, 0.717) is 10.8 Å². The van der Waals surface area contributed by atoms with Crippen molar-refractivity contribution in [3.8, 4) is 11.5 Å². The predicted molar refractivity (Wildman–Crippen MR) is 118 cm³/mol. The van der Waals surface area contributed by atoms with Crippen LogP contribution in [0.25, 0.3) is 0 Å². The quantitative estimate of drug-likeness (QED) is 0.470. The molecule has 2 rings (SSSR count). The Kier molecular flexibility index (Phi) is 8.68. The van der Waals surface area contributed by atoms with E-state index in [2.05, 4.69) is 29.7 Å². The molecule has 0 unspecified atom stereocenters. The molecule has 7 nitrogen and oxygen atoms in total. The van der Waals surface area contributed by atoms with Crippen LogP contribution in [0.5, 0.6) is 11.5 Å². The number of aryl methyl sites for hydroxylation is 1. The third kappa shape index (κ3) is 7.08. The molecular formula is C22H26ClN3O4. The second-order valence-corrected chi connectivity index (χ2v) is 7.35. The molecule has 0 saturated heterocycles. The van der Waals surface area contributed by atoms with Gasteiger partial charge < -0.3 is 14.8 Å². The number of rotatable bonds is 9. The highest BCUT2D eigenvalue weighted by molar-refractivity contribution is 6.30. The van der Waals surface area contributed by atoms with Crippen molar-refractivity contribution < 1.29 is 19.1 Å². The highest BCUT2D eigenvalue weighted by Crippen LogP contribution is 2.29. The summed E-state index contributed by atoms with van der Waals surface area (Å²) in [4.78, 5) is 23.7. The minimum atomic E-state index is -0.443. The maximum Gasteiger partial charge on any atom is 0.259 e. The first kappa shape index (κ1) is 23.2. The fraction of sp³-hybridized carbons (Fsp3) is 0.318. The molecule has 0 radical (unpaired) electrons. The normalized spacial score (nSPS) is 10.9. The molecule has 8 heteroatoms. The first-order valence-corrected chi connectivity index (χ1v) is 9.83. The van der Waals surface area contributed by atoms with Gasteiger partial charge in [-0.25, -0.2) is 5.43 Å². The van der Waals surface area contributed by atoms with E-state index in [1.54, 1.807) is 37.6 Å². The van der Waals surface area contributed by atoms with Crippen LogP contribution in [-0.4, -0.2) is 38.3 Å². The molecule has 0 heterocycles. The second kappa shape index (κ2) is 11.2. The number of amides is 2. The summed E-state index contributed by atoms with van der Waals surface area (Å²) in [7, 11) is 1.64. The van der Waals surface area contributed by atoms with Gasteiger partial charge in [-0.05, 0) is 65.9 Å². The number of benzene rings is 2. The summed E-state index contributed by atoms with van der Waals surface area (Å²) in [5.74, 6) is 0.761. The van der Waals surface area contributed by atoms with Crippen LogP contribution in [-0.2, 0) is 9.59 Å². The van der Waals surface area contributed by atoms with Crippen LogP contribution in [0.1, 0.15) is 36.5 Å². The topological polar surface area (TPSA) is 89.0 Å². The summed E-state index contributed by atoms with van der Waals surface area (Å²) in [5, 5.41) is 7.03. The maximum atomic E-state index is 11.9. The third-order valence-corrected chi connectivity index (χ3v) is 4.51. The summed E-state index contributed by atoms with van der Waals surface area (Å²) in [6.07, 6.45) is 1.57. The van der Waals surface area contributed by atoms with Gasteiger partial charge in [-0.2, -0.15) is 5.10 Å². The van der Waals surface area contributed by atoms with E-state index in [-0.39, 0.29) is 19.1 Å². The smallest absolute Gasteiger partial charge is 0.259 e. The first-order chi connectivity index (χ1) is 14.3. The van der Waals surface area contributed by atoms with Gasteiger partial charge in [-0.3, -0.25) is 9.59 Å². The van der Waals surface area contributed by atoms with Crippen LogP contribution in [0.2, 0.25) is 5.02 Å². The van der Waals surface area contributed by atoms with Crippen molar-refractivity contribution in [1.29, 1.82) is 0 Å². The van der Waals surface area contributed by atoms with Crippen LogP contribution < -0.4 is 20.2 Å². The van der Waals surface area contributed by atoms with Crippen molar-refractivity contribution in [2.45, 2.75) is 26.7 Å². The standard InChI is InChI=1S/C22H26ClN3O4/c1-14(2)19-10-16(15(3)9-20(19)29-4)11-25-26-21(27)12-24-22(28)13-30-18-7-5-17(23)6-8-18/h5-11,14H,12-13H2,1-4H3,(H,24,28)(H,26,27)/b25-11+. The summed E-state index contributed by atoms with van der Waals surface area (Å²) < 4.78 is 10.7. The van der Waals surface area contributed by atoms with E-state index < -0.39 is 11.8 Å². The lowest BCUT2D eigenvalue weighted by molar-refractivity contribution is -0.127. The van der Waals surface area contributed by atoms with Crippen molar-refractivity contribution in [1.82, 2.24) is 10.7 Å². The lowest BCUT2D eigenvalue weighted by Crippen LogP contribution is -2.37. The van der Waals surface area contributed by atoms with E-state index >= 15 is 0 Å². The Balaban J connectivity index is 1.81. The molecule has 160 valence electrons. The van der Waals surface area contributed by atoms with Crippen LogP contribution in [0.4, 0.5) is 0 Å². The van der Waals surface area contributed by atoms with Crippen molar-refractivity contribution in [2.24, 2.45) is 5.10 Å². The van der Waals surface area contributed by atoms with Gasteiger partial charge in [0.25, 0.3) is 11.8 Å². The average Bonchev–Trinajstić information content (AvgIpc) is 2.72. The van der Waals surface area contributed by atoms with Gasteiger partial charge in [0.05, 0.1) is 19.9 Å². The molecule has 2 N–H and O–H groups in total. The average molecular weight is 432 g/mol. The van der Waals surface area contributed by atoms with Gasteiger partial charge in [-0.1, -0.05) is 25.4 Å². The summed E-state index contributed by atoms with van der Waals surface area (Å²) >= 11 is 5.79. The highest BCUT2D eigenvalue weighted by atomic mass is 35.5. The minimum absolute atomic E-state index is 0.207. The van der Waals surface area contributed by atoms with Crippen molar-refractivity contribution >= 4 is 29.6 Å². The summed E-state index contributed by atoms with van der Waals surface area (Å²) in [6.45, 7) is 5.68. The first-order valence-electron chi connectivity index (χ1n) is 9.45. The fourth-order valence-electron chi connectivity index (χ4n) is 2.61. The number of hydrazone groups is 1. The Hall–Kier alpha value is -3.06. The fourth-order valence-corrected chi connectivity index (χ4v) is 2.73. The molecule has 2 aromatic rings. The second-order valence-electron chi connectivity index (χ2n) is 6.92. The number of carbonyl (C=O) groups is 2. The molecule has 2 aromatic carbocycles. The lowest BCUT2D eigenvalue weighted by Gasteiger charge is -2.14. The van der Waals surface area contributed by atoms with Crippen LogP contribution in [0.3, 0.4) is 0 Å². The predicted octanol–water partition coefficient (Wildman–Crippen LogP) is 3.43. The molecule has 0 bridgehead atoms. The van der Waals surface area contributed by atoms with Gasteiger partial charge in [0.1, 0.15) is 11.5 Å². The van der Waals surface area contributed by atoms with Crippen LogP contribution >= 0.6 is 11.6 Å². The van der Waals surface area contributed by atoms with E-state index in [4.69, 9.17) is 21.1 Å². The van der Waals surface area contributed by atoms with Gasteiger partial charge in [-0.15, -0.1) is 0 Å². The van der Waals surface area contributed by atoms with E-state index in [1.807, 2.05) is 19.1 Å². The van der Waals surface area contributed by atoms with Crippen LogP contribution in [0.15, 0.2) is 41.5 Å². The Morgan fingerprint density at radius 3 is 2.50 bits per heavy atom. The number of halogens is 1. The van der Waals surface area contributed by atoms with E-state index in [1.165, 1.54) is 0 Å². The molecule has 0 aliphatic carbocycles. The number of hydrogen-bond donors (Lipinski definition) is 2. The number of ether oxygens (including phenoxy) is 2. The molecule has 0 aliphatic heterocycles. The zero-order chi connectivity index (χ0) is 22.1. The monoisotopic (exact) mass is 431 g/mol. The molecule has 0 saturated carbocycles. The Morgan fingerprint density at radius 2 is 1.87 bits per heavy atom. The zero-order valence-electron chi connectivity index (χ0n) is 17.5. The van der Waals surface area contributed by atoms with Crippen molar-refractivity contribution in [3.63, 3.8) is 0 Å². The van der Waals surface area contributed by atoms with Crippen molar-refractivity contribution in [2.75, 3.05) is 20.3 Å². The molecular weight excluding hydrogens is 406 g/mol. The Labute approximate surface area is 181 Å². The van der Waals surface area contributed by atoms with Gasteiger partial charge in [0.15, 0.2) is 6.61 Å². The lowest BCUT2D eigenvalue weighted by atomic mass is 9.97. The highest BCUT2D eigenvalue weighted by Gasteiger charge is 2.10. The van der Waals surface area contributed by atoms with Crippen molar-refractivity contribution in [3.05, 3.63) is 58.1 Å². The Bertz CT molecular complexity index is 911. The van der Waals surface area contributed by atoms with Gasteiger partial charge in [0, 0.05) is 5.02 Å². The van der Waals surface area contributed by atoms with E-state index in [0.717, 1.165) is 22.4 Å². The molecule has 0 aliphatic rings. The molecule has 0 spiro atoms. The number of hydrogen-bond acceptors (Lipinski definition) is 5. The number of carbonyl (C=O) groups excluding carboxylic acids is 2. The summed E-state index contributed by atoms with van der Waals surface area (Å²) in [5.41, 5.74) is 5.31. The molecule has 0 aromatic heterocycles. The summed E-state index contributed by atoms with van der Waals surface area (Å²) in [6, 6.07) is 10.6. The molecule has 30 heavy (non-hydrogen) atoms. The van der Waals surface area contributed by atoms with Crippen LogP contribution in [0, 0.1) is 6.92 Å². The SMILES string of the molecule is COc1cc(C)c(/C=N/NC(=O)CNC(=O)COc2ccc(Cl)cc2)cc1C(C)C. The van der Waals surface area contributed by atoms with Gasteiger partial charge >= 0.3 is 0 Å². The molecule has 0 atom stereocenters. The minimum Gasteiger partial charge on any atom is -0.496 e. The number of nitrogens with zero attached hydrogens (tertiary/aromatic N) is 1. The van der Waals surface area contributed by atoms with E-state index in [9.17, 15) is 9.59 Å².